The Hall–Kier alpha value is -2.17. The van der Waals surface area contributed by atoms with Gasteiger partial charge in [-0.1, -0.05) is 24.3 Å². The Morgan fingerprint density at radius 3 is 2.74 bits per heavy atom. The van der Waals surface area contributed by atoms with Crippen LogP contribution < -0.4 is 0 Å². The molecule has 0 aliphatic carbocycles. The standard InChI is InChI=1S/C14H16N2O3/c1-9-5-3-4-6-11(9)7-8-12-15-16-13(19-12)10(2)14(17)18/h3-6,10H,7-8H2,1-2H3,(H,17,18). The average Bonchev–Trinajstić information content (AvgIpc) is 2.85. The van der Waals surface area contributed by atoms with Crippen LogP contribution in [0.15, 0.2) is 28.7 Å². The Labute approximate surface area is 111 Å². The van der Waals surface area contributed by atoms with Gasteiger partial charge < -0.3 is 9.52 Å². The predicted octanol–water partition coefficient (Wildman–Crippen LogP) is 2.35. The lowest BCUT2D eigenvalue weighted by molar-refractivity contribution is -0.138. The van der Waals surface area contributed by atoms with Crippen LogP contribution in [0.3, 0.4) is 0 Å². The van der Waals surface area contributed by atoms with E-state index in [1.165, 1.54) is 18.1 Å². The van der Waals surface area contributed by atoms with Crippen molar-refractivity contribution >= 4 is 5.97 Å². The second-order valence-electron chi connectivity index (χ2n) is 4.52. The minimum Gasteiger partial charge on any atom is -0.481 e. The van der Waals surface area contributed by atoms with E-state index < -0.39 is 11.9 Å². The Morgan fingerprint density at radius 2 is 2.05 bits per heavy atom. The van der Waals surface area contributed by atoms with E-state index in [4.69, 9.17) is 9.52 Å². The van der Waals surface area contributed by atoms with E-state index in [1.807, 2.05) is 12.1 Å². The molecule has 1 N–H and O–H groups in total. The van der Waals surface area contributed by atoms with E-state index in [2.05, 4.69) is 29.3 Å². The SMILES string of the molecule is Cc1ccccc1CCc1nnc(C(C)C(=O)O)o1. The molecule has 2 rings (SSSR count). The van der Waals surface area contributed by atoms with Crippen LogP contribution >= 0.6 is 0 Å². The van der Waals surface area contributed by atoms with E-state index in [-0.39, 0.29) is 5.89 Å². The first kappa shape index (κ1) is 13.3. The molecule has 1 aromatic carbocycles. The summed E-state index contributed by atoms with van der Waals surface area (Å²) in [5.74, 6) is -1.09. The molecule has 0 saturated carbocycles. The molecule has 1 aromatic heterocycles. The molecule has 0 bridgehead atoms. The third-order valence-electron chi connectivity index (χ3n) is 3.09. The van der Waals surface area contributed by atoms with Gasteiger partial charge in [-0.15, -0.1) is 10.2 Å². The monoisotopic (exact) mass is 260 g/mol. The highest BCUT2D eigenvalue weighted by molar-refractivity contribution is 5.73. The maximum atomic E-state index is 10.8. The van der Waals surface area contributed by atoms with Crippen molar-refractivity contribution in [2.45, 2.75) is 32.6 Å². The van der Waals surface area contributed by atoms with Crippen LogP contribution in [-0.4, -0.2) is 21.3 Å². The first-order valence-corrected chi connectivity index (χ1v) is 6.17. The highest BCUT2D eigenvalue weighted by Gasteiger charge is 2.20. The molecule has 1 heterocycles. The van der Waals surface area contributed by atoms with E-state index in [0.29, 0.717) is 12.3 Å². The number of carboxylic acids is 1. The number of aromatic nitrogens is 2. The fourth-order valence-electron chi connectivity index (χ4n) is 1.78. The van der Waals surface area contributed by atoms with Crippen LogP contribution in [-0.2, 0) is 17.6 Å². The van der Waals surface area contributed by atoms with Crippen LogP contribution in [0, 0.1) is 6.92 Å². The molecule has 0 aliphatic heterocycles. The zero-order valence-electron chi connectivity index (χ0n) is 11.0. The summed E-state index contributed by atoms with van der Waals surface area (Å²) in [5, 5.41) is 16.5. The van der Waals surface area contributed by atoms with Crippen LogP contribution in [0.1, 0.15) is 35.7 Å². The summed E-state index contributed by atoms with van der Waals surface area (Å²) >= 11 is 0. The molecule has 100 valence electrons. The zero-order chi connectivity index (χ0) is 13.8. The van der Waals surface area contributed by atoms with Gasteiger partial charge in [0.2, 0.25) is 11.8 Å². The van der Waals surface area contributed by atoms with Gasteiger partial charge in [-0.3, -0.25) is 4.79 Å². The van der Waals surface area contributed by atoms with Gasteiger partial charge in [0.1, 0.15) is 5.92 Å². The average molecular weight is 260 g/mol. The molecule has 1 unspecified atom stereocenters. The van der Waals surface area contributed by atoms with E-state index in [9.17, 15) is 4.79 Å². The maximum absolute atomic E-state index is 10.8. The largest absolute Gasteiger partial charge is 0.481 e. The Bertz CT molecular complexity index is 578. The molecule has 0 fully saturated rings. The summed E-state index contributed by atoms with van der Waals surface area (Å²) in [6.45, 7) is 3.59. The highest BCUT2D eigenvalue weighted by atomic mass is 16.4. The second kappa shape index (κ2) is 5.65. The minimum atomic E-state index is -0.964. The molecule has 5 nitrogen and oxygen atoms in total. The number of nitrogens with zero attached hydrogens (tertiary/aromatic N) is 2. The van der Waals surface area contributed by atoms with E-state index in [0.717, 1.165) is 6.42 Å². The van der Waals surface area contributed by atoms with Gasteiger partial charge in [0.25, 0.3) is 0 Å². The molecule has 0 amide bonds. The summed E-state index contributed by atoms with van der Waals surface area (Å²) in [5.41, 5.74) is 2.45. The third kappa shape index (κ3) is 3.19. The molecular weight excluding hydrogens is 244 g/mol. The lowest BCUT2D eigenvalue weighted by Gasteiger charge is -2.02. The van der Waals surface area contributed by atoms with E-state index >= 15 is 0 Å². The summed E-state index contributed by atoms with van der Waals surface area (Å²) in [4.78, 5) is 10.8. The van der Waals surface area contributed by atoms with Crippen LogP contribution in [0.5, 0.6) is 0 Å². The van der Waals surface area contributed by atoms with Gasteiger partial charge in [-0.2, -0.15) is 0 Å². The van der Waals surface area contributed by atoms with Crippen LogP contribution in [0.2, 0.25) is 0 Å². The van der Waals surface area contributed by atoms with Gasteiger partial charge in [-0.25, -0.2) is 0 Å². The fourth-order valence-corrected chi connectivity index (χ4v) is 1.78. The molecule has 5 heteroatoms. The minimum absolute atomic E-state index is 0.160. The van der Waals surface area contributed by atoms with Crippen LogP contribution in [0.25, 0.3) is 0 Å². The Morgan fingerprint density at radius 1 is 1.32 bits per heavy atom. The smallest absolute Gasteiger partial charge is 0.315 e. The number of carbonyl (C=O) groups is 1. The number of benzene rings is 1. The van der Waals surface area contributed by atoms with Gasteiger partial charge in [0, 0.05) is 6.42 Å². The normalized spacial score (nSPS) is 12.3. The fraction of sp³-hybridized carbons (Fsp3) is 0.357. The topological polar surface area (TPSA) is 76.2 Å². The molecule has 19 heavy (non-hydrogen) atoms. The third-order valence-corrected chi connectivity index (χ3v) is 3.09. The molecular formula is C14H16N2O3. The number of rotatable bonds is 5. The summed E-state index contributed by atoms with van der Waals surface area (Å²) in [6, 6.07) is 8.11. The molecule has 0 saturated heterocycles. The van der Waals surface area contributed by atoms with E-state index in [1.54, 1.807) is 0 Å². The van der Waals surface area contributed by atoms with Gasteiger partial charge >= 0.3 is 5.97 Å². The second-order valence-corrected chi connectivity index (χ2v) is 4.52. The highest BCUT2D eigenvalue weighted by Crippen LogP contribution is 2.15. The number of aryl methyl sites for hydroxylation is 3. The van der Waals surface area contributed by atoms with Gasteiger partial charge in [-0.05, 0) is 31.4 Å². The van der Waals surface area contributed by atoms with Crippen molar-refractivity contribution in [3.8, 4) is 0 Å². The van der Waals surface area contributed by atoms with Crippen molar-refractivity contribution in [2.24, 2.45) is 0 Å². The quantitative estimate of drug-likeness (QED) is 0.893. The van der Waals surface area contributed by atoms with Crippen molar-refractivity contribution in [1.29, 1.82) is 0 Å². The molecule has 2 aromatic rings. The van der Waals surface area contributed by atoms with Crippen molar-refractivity contribution in [3.05, 3.63) is 47.2 Å². The number of hydrogen-bond acceptors (Lipinski definition) is 4. The first-order chi connectivity index (χ1) is 9.08. The number of carboxylic acid groups (broad SMARTS) is 1. The lowest BCUT2D eigenvalue weighted by Crippen LogP contribution is -2.07. The summed E-state index contributed by atoms with van der Waals surface area (Å²) in [7, 11) is 0. The number of aliphatic carboxylic acids is 1. The molecule has 0 spiro atoms. The summed E-state index contributed by atoms with van der Waals surface area (Å²) < 4.78 is 5.37. The summed E-state index contributed by atoms with van der Waals surface area (Å²) in [6.07, 6.45) is 1.42. The van der Waals surface area contributed by atoms with Crippen molar-refractivity contribution in [3.63, 3.8) is 0 Å². The molecule has 0 radical (unpaired) electrons. The predicted molar refractivity (Wildman–Crippen MR) is 68.9 cm³/mol. The Balaban J connectivity index is 2.01. The zero-order valence-corrected chi connectivity index (χ0v) is 11.0. The van der Waals surface area contributed by atoms with Gasteiger partial charge in [0.15, 0.2) is 0 Å². The lowest BCUT2D eigenvalue weighted by atomic mass is 10.0. The van der Waals surface area contributed by atoms with Crippen molar-refractivity contribution in [1.82, 2.24) is 10.2 Å². The van der Waals surface area contributed by atoms with Crippen molar-refractivity contribution in [2.75, 3.05) is 0 Å². The Kier molecular flexibility index (Phi) is 3.94. The first-order valence-electron chi connectivity index (χ1n) is 6.17. The van der Waals surface area contributed by atoms with Crippen LogP contribution in [0.4, 0.5) is 0 Å². The van der Waals surface area contributed by atoms with Crippen molar-refractivity contribution < 1.29 is 14.3 Å². The molecule has 1 atom stereocenters. The molecule has 0 aliphatic rings. The maximum Gasteiger partial charge on any atom is 0.315 e. The van der Waals surface area contributed by atoms with Gasteiger partial charge in [0.05, 0.1) is 0 Å². The number of hydrogen-bond donors (Lipinski definition) is 1.